The number of hydrogen-bond donors (Lipinski definition) is 0. The molecule has 0 fully saturated rings. The third-order valence-corrected chi connectivity index (χ3v) is 1.14. The van der Waals surface area contributed by atoms with Crippen LogP contribution in [0, 0.1) is 0 Å². The van der Waals surface area contributed by atoms with Crippen molar-refractivity contribution in [1.82, 2.24) is 0 Å². The van der Waals surface area contributed by atoms with Crippen LogP contribution in [-0.4, -0.2) is 12.5 Å². The van der Waals surface area contributed by atoms with Gasteiger partial charge in [0.2, 0.25) is 5.97 Å². The van der Waals surface area contributed by atoms with Gasteiger partial charge in [-0.05, 0) is 6.92 Å². The van der Waals surface area contributed by atoms with Crippen LogP contribution >= 0.6 is 0 Å². The van der Waals surface area contributed by atoms with E-state index in [1.165, 1.54) is 0 Å². The first-order valence-corrected chi connectivity index (χ1v) is 2.84. The molecule has 0 atom stereocenters. The molecule has 1 nitrogen and oxygen atoms in total. The van der Waals surface area contributed by atoms with Gasteiger partial charge in [0.05, 0.1) is 6.54 Å². The van der Waals surface area contributed by atoms with Crippen LogP contribution < -0.4 is 0 Å². The van der Waals surface area contributed by atoms with Gasteiger partial charge in [0.15, 0.2) is 0 Å². The van der Waals surface area contributed by atoms with E-state index in [1.807, 2.05) is 12.2 Å². The van der Waals surface area contributed by atoms with E-state index in [9.17, 15) is 4.39 Å². The van der Waals surface area contributed by atoms with E-state index < -0.39 is 0 Å². The summed E-state index contributed by atoms with van der Waals surface area (Å²) in [7, 11) is 0. The summed E-state index contributed by atoms with van der Waals surface area (Å²) in [6, 6.07) is 0. The van der Waals surface area contributed by atoms with Crippen LogP contribution in [0.4, 0.5) is 4.39 Å². The van der Waals surface area contributed by atoms with Gasteiger partial charge in [-0.15, -0.1) is 0 Å². The number of nitrogens with zero attached hydrogens (tertiary/aromatic N) is 1. The molecule has 1 heterocycles. The predicted molar refractivity (Wildman–Crippen MR) is 36.3 cm³/mol. The Balaban J connectivity index is 2.85. The van der Waals surface area contributed by atoms with Crippen LogP contribution in [0.5, 0.6) is 0 Å². The topological polar surface area (TPSA) is 12.4 Å². The van der Waals surface area contributed by atoms with Crippen LogP contribution in [0.3, 0.4) is 0 Å². The van der Waals surface area contributed by atoms with Gasteiger partial charge in [0, 0.05) is 5.57 Å². The van der Waals surface area contributed by atoms with Gasteiger partial charge in [-0.2, -0.15) is 4.39 Å². The molecule has 0 amide bonds. The molecule has 2 heteroatoms. The fourth-order valence-corrected chi connectivity index (χ4v) is 0.600. The third kappa shape index (κ3) is 1.49. The molecule has 0 aromatic heterocycles. The smallest absolute Gasteiger partial charge is 0.211 e. The molecule has 1 aliphatic rings. The molecule has 0 N–H and O–H groups in total. The molecule has 1 rings (SSSR count). The van der Waals surface area contributed by atoms with E-state index >= 15 is 0 Å². The molecule has 48 valence electrons. The molecule has 0 spiro atoms. The van der Waals surface area contributed by atoms with Crippen molar-refractivity contribution < 1.29 is 4.39 Å². The van der Waals surface area contributed by atoms with E-state index in [0.29, 0.717) is 12.1 Å². The molecule has 0 radical (unpaired) electrons. The quantitative estimate of drug-likeness (QED) is 0.468. The van der Waals surface area contributed by atoms with Gasteiger partial charge >= 0.3 is 0 Å². The van der Waals surface area contributed by atoms with Crippen molar-refractivity contribution in [3.05, 3.63) is 23.8 Å². The number of rotatable bonds is 0. The maximum absolute atomic E-state index is 12.5. The average molecular weight is 125 g/mol. The maximum Gasteiger partial charge on any atom is 0.211 e. The van der Waals surface area contributed by atoms with Crippen LogP contribution in [0.1, 0.15) is 6.92 Å². The molecule has 0 unspecified atom stereocenters. The Kier molecular flexibility index (Phi) is 1.78. The lowest BCUT2D eigenvalue weighted by Gasteiger charge is -1.88. The van der Waals surface area contributed by atoms with E-state index in [-0.39, 0.29) is 5.97 Å². The lowest BCUT2D eigenvalue weighted by molar-refractivity contribution is 0.796. The highest BCUT2D eigenvalue weighted by atomic mass is 19.1. The molecule has 0 aromatic carbocycles. The predicted octanol–water partition coefficient (Wildman–Crippen LogP) is 1.87. The summed E-state index contributed by atoms with van der Waals surface area (Å²) in [5.41, 5.74) is 0.601. The number of hydrogen-bond acceptors (Lipinski definition) is 1. The van der Waals surface area contributed by atoms with Gasteiger partial charge in [-0.25, -0.2) is 0 Å². The van der Waals surface area contributed by atoms with Gasteiger partial charge in [0.1, 0.15) is 0 Å². The SMILES string of the molecule is CC1=CC=CCN=C1F. The van der Waals surface area contributed by atoms with Crippen LogP contribution in [0.25, 0.3) is 0 Å². The first kappa shape index (κ1) is 6.20. The second-order valence-corrected chi connectivity index (χ2v) is 1.91. The molecule has 0 saturated carbocycles. The maximum atomic E-state index is 12.5. The molecule has 1 aliphatic heterocycles. The first-order valence-electron chi connectivity index (χ1n) is 2.84. The Bertz CT molecular complexity index is 189. The van der Waals surface area contributed by atoms with Crippen molar-refractivity contribution in [3.8, 4) is 0 Å². The highest BCUT2D eigenvalue weighted by Crippen LogP contribution is 2.02. The van der Waals surface area contributed by atoms with Gasteiger partial charge < -0.3 is 0 Å². The van der Waals surface area contributed by atoms with Crippen LogP contribution in [0.15, 0.2) is 28.8 Å². The van der Waals surface area contributed by atoms with Gasteiger partial charge in [-0.3, -0.25) is 4.99 Å². The highest BCUT2D eigenvalue weighted by Gasteiger charge is 1.98. The van der Waals surface area contributed by atoms with E-state index in [0.717, 1.165) is 0 Å². The summed E-state index contributed by atoms with van der Waals surface area (Å²) in [5.74, 6) is -0.347. The zero-order chi connectivity index (χ0) is 6.69. The Hall–Kier alpha value is -0.920. The minimum Gasteiger partial charge on any atom is -0.254 e. The molecular weight excluding hydrogens is 117 g/mol. The van der Waals surface area contributed by atoms with Crippen molar-refractivity contribution in [2.45, 2.75) is 6.92 Å². The highest BCUT2D eigenvalue weighted by molar-refractivity contribution is 5.92. The van der Waals surface area contributed by atoms with Crippen molar-refractivity contribution in [3.63, 3.8) is 0 Å². The standard InChI is InChI=1S/C7H8FN/c1-6-4-2-3-5-9-7(6)8/h2-4H,5H2,1H3. The summed E-state index contributed by atoms with van der Waals surface area (Å²) in [4.78, 5) is 3.60. The summed E-state index contributed by atoms with van der Waals surface area (Å²) in [6.07, 6.45) is 5.34. The molecule has 0 aromatic rings. The number of allylic oxidation sites excluding steroid dienone is 3. The van der Waals surface area contributed by atoms with Crippen molar-refractivity contribution >= 4 is 5.97 Å². The third-order valence-electron chi connectivity index (χ3n) is 1.14. The fourth-order valence-electron chi connectivity index (χ4n) is 0.600. The lowest BCUT2D eigenvalue weighted by Crippen LogP contribution is -1.89. The molecule has 0 saturated heterocycles. The summed E-state index contributed by atoms with van der Waals surface area (Å²) in [6.45, 7) is 2.16. The number of aliphatic imine (C=N–C) groups is 1. The van der Waals surface area contributed by atoms with Crippen molar-refractivity contribution in [1.29, 1.82) is 0 Å². The van der Waals surface area contributed by atoms with Crippen molar-refractivity contribution in [2.24, 2.45) is 4.99 Å². The average Bonchev–Trinajstić information content (AvgIpc) is 1.99. The zero-order valence-corrected chi connectivity index (χ0v) is 5.26. The zero-order valence-electron chi connectivity index (χ0n) is 5.26. The van der Waals surface area contributed by atoms with Crippen LogP contribution in [0.2, 0.25) is 0 Å². The molecule has 9 heavy (non-hydrogen) atoms. The van der Waals surface area contributed by atoms with E-state index in [2.05, 4.69) is 4.99 Å². The normalized spacial score (nSPS) is 18.4. The second-order valence-electron chi connectivity index (χ2n) is 1.91. The van der Waals surface area contributed by atoms with E-state index in [4.69, 9.17) is 0 Å². The Morgan fingerprint density at radius 2 is 2.44 bits per heavy atom. The van der Waals surface area contributed by atoms with Crippen molar-refractivity contribution in [2.75, 3.05) is 6.54 Å². The first-order chi connectivity index (χ1) is 4.30. The molecule has 0 aliphatic carbocycles. The fraction of sp³-hybridized carbons (Fsp3) is 0.286. The Morgan fingerprint density at radius 3 is 3.22 bits per heavy atom. The second kappa shape index (κ2) is 2.58. The Labute approximate surface area is 53.6 Å². The van der Waals surface area contributed by atoms with Gasteiger partial charge in [0.25, 0.3) is 0 Å². The minimum absolute atomic E-state index is 0.347. The molecule has 0 bridgehead atoms. The molecular formula is C7H8FN. The summed E-state index contributed by atoms with van der Waals surface area (Å²) >= 11 is 0. The number of halogens is 1. The minimum atomic E-state index is -0.347. The Morgan fingerprint density at radius 1 is 1.67 bits per heavy atom. The lowest BCUT2D eigenvalue weighted by atomic mass is 10.3. The summed E-state index contributed by atoms with van der Waals surface area (Å²) < 4.78 is 12.5. The largest absolute Gasteiger partial charge is 0.254 e. The van der Waals surface area contributed by atoms with Crippen LogP contribution in [-0.2, 0) is 0 Å². The monoisotopic (exact) mass is 125 g/mol. The van der Waals surface area contributed by atoms with E-state index in [1.54, 1.807) is 13.0 Å². The van der Waals surface area contributed by atoms with Gasteiger partial charge in [-0.1, -0.05) is 18.2 Å². The summed E-state index contributed by atoms with van der Waals surface area (Å²) in [5, 5.41) is 0.